The van der Waals surface area contributed by atoms with Gasteiger partial charge >= 0.3 is 12.4 Å². The number of alkyl halides is 6. The van der Waals surface area contributed by atoms with Crippen molar-refractivity contribution in [3.63, 3.8) is 0 Å². The van der Waals surface area contributed by atoms with Crippen molar-refractivity contribution in [2.75, 3.05) is 7.11 Å². The van der Waals surface area contributed by atoms with Gasteiger partial charge in [0, 0.05) is 6.42 Å². The number of hydrogen-bond donors (Lipinski definition) is 1. The van der Waals surface area contributed by atoms with E-state index in [0.29, 0.717) is 0 Å². The molecule has 2 nitrogen and oxygen atoms in total. The highest BCUT2D eigenvalue weighted by atomic mass is 19.4. The van der Waals surface area contributed by atoms with Crippen molar-refractivity contribution >= 4 is 5.57 Å². The quantitative estimate of drug-likeness (QED) is 0.283. The maximum atomic E-state index is 14.0. The first kappa shape index (κ1) is 28.2. The molecule has 9 heteroatoms. The van der Waals surface area contributed by atoms with E-state index in [2.05, 4.69) is 13.2 Å². The van der Waals surface area contributed by atoms with Gasteiger partial charge in [0.25, 0.3) is 0 Å². The summed E-state index contributed by atoms with van der Waals surface area (Å²) in [5.74, 6) is -1.49. The molecule has 2 rings (SSSR count). The molecule has 0 bridgehead atoms. The van der Waals surface area contributed by atoms with E-state index in [1.54, 1.807) is 0 Å². The van der Waals surface area contributed by atoms with Crippen LogP contribution in [-0.2, 0) is 6.42 Å². The number of rotatable bonds is 9. The summed E-state index contributed by atoms with van der Waals surface area (Å²) in [5.41, 5.74) is -4.75. The molecule has 35 heavy (non-hydrogen) atoms. The molecule has 0 aliphatic heterocycles. The van der Waals surface area contributed by atoms with Crippen LogP contribution in [0.4, 0.5) is 30.7 Å². The summed E-state index contributed by atoms with van der Waals surface area (Å²) < 4.78 is 101. The molecule has 2 atom stereocenters. The largest absolute Gasteiger partial charge is 0.496 e. The lowest BCUT2D eigenvalue weighted by Crippen LogP contribution is -2.48. The van der Waals surface area contributed by atoms with E-state index in [1.165, 1.54) is 38.3 Å². The molecular weight excluding hydrogens is 477 g/mol. The average molecular weight is 502 g/mol. The monoisotopic (exact) mass is 502 g/mol. The van der Waals surface area contributed by atoms with Gasteiger partial charge in [-0.1, -0.05) is 56.5 Å². The number of aliphatic hydroxyl groups is 1. The second-order valence-corrected chi connectivity index (χ2v) is 8.19. The van der Waals surface area contributed by atoms with Crippen LogP contribution in [0.3, 0.4) is 0 Å². The average Bonchev–Trinajstić information content (AvgIpc) is 2.75. The summed E-state index contributed by atoms with van der Waals surface area (Å²) in [4.78, 5) is 0. The van der Waals surface area contributed by atoms with Crippen molar-refractivity contribution in [2.45, 2.75) is 43.6 Å². The lowest BCUT2D eigenvalue weighted by atomic mass is 9.81. The highest BCUT2D eigenvalue weighted by Crippen LogP contribution is 2.43. The zero-order valence-corrected chi connectivity index (χ0v) is 19.1. The summed E-state index contributed by atoms with van der Waals surface area (Å²) >= 11 is 0. The van der Waals surface area contributed by atoms with Crippen molar-refractivity contribution in [2.24, 2.45) is 0 Å². The van der Waals surface area contributed by atoms with Crippen LogP contribution in [0.15, 0.2) is 73.3 Å². The normalized spacial score (nSPS) is 15.3. The number of allylic oxidation sites excluding steroid dienone is 4. The SMILES string of the molecule is C=C/C=C(\C(=C)C(F)(F)F)c1cccc(CC(O)(CC(C)c2cc(F)ccc2OC)C(F)(F)F)c1. The summed E-state index contributed by atoms with van der Waals surface area (Å²) in [6, 6.07) is 8.41. The van der Waals surface area contributed by atoms with E-state index in [0.717, 1.165) is 30.4 Å². The van der Waals surface area contributed by atoms with Crippen LogP contribution in [0.25, 0.3) is 5.57 Å². The number of methoxy groups -OCH3 is 1. The van der Waals surface area contributed by atoms with Gasteiger partial charge in [0.1, 0.15) is 11.6 Å². The predicted octanol–water partition coefficient (Wildman–Crippen LogP) is 7.55. The molecule has 2 unspecified atom stereocenters. The second kappa shape index (κ2) is 10.7. The molecule has 0 saturated carbocycles. The molecule has 2 aromatic rings. The Bertz CT molecular complexity index is 1100. The van der Waals surface area contributed by atoms with Gasteiger partial charge in [0.05, 0.1) is 12.7 Å². The maximum absolute atomic E-state index is 14.0. The first-order chi connectivity index (χ1) is 16.1. The zero-order chi connectivity index (χ0) is 26.6. The van der Waals surface area contributed by atoms with Crippen LogP contribution in [-0.4, -0.2) is 30.2 Å². The maximum Gasteiger partial charge on any atom is 0.417 e. The molecule has 0 radical (unpaired) electrons. The van der Waals surface area contributed by atoms with E-state index in [1.807, 2.05) is 0 Å². The minimum Gasteiger partial charge on any atom is -0.496 e. The standard InChI is InChI=1S/C26H25F7O2/c1-5-7-21(17(3)25(28,29)30)19-9-6-8-18(12-19)15-24(34,26(31,32)33)14-16(2)22-13-20(27)10-11-23(22)35-4/h5-13,16,34H,1,3,14-15H2,2,4H3/b21-7+. The molecule has 0 amide bonds. The summed E-state index contributed by atoms with van der Waals surface area (Å²) in [6.07, 6.45) is -9.47. The lowest BCUT2D eigenvalue weighted by Gasteiger charge is -2.33. The molecule has 0 aliphatic rings. The Balaban J connectivity index is 2.46. The van der Waals surface area contributed by atoms with Crippen molar-refractivity contribution < 1.29 is 40.6 Å². The molecule has 0 fully saturated rings. The molecule has 0 aromatic heterocycles. The topological polar surface area (TPSA) is 29.5 Å². The number of benzene rings is 2. The predicted molar refractivity (Wildman–Crippen MR) is 121 cm³/mol. The fourth-order valence-corrected chi connectivity index (χ4v) is 3.82. The van der Waals surface area contributed by atoms with Gasteiger partial charge in [-0.3, -0.25) is 0 Å². The molecule has 0 spiro atoms. The van der Waals surface area contributed by atoms with Crippen LogP contribution in [0, 0.1) is 5.82 Å². The third-order valence-electron chi connectivity index (χ3n) is 5.58. The first-order valence-electron chi connectivity index (χ1n) is 10.4. The Kier molecular flexibility index (Phi) is 8.60. The fourth-order valence-electron chi connectivity index (χ4n) is 3.82. The Morgan fingerprint density at radius 2 is 1.74 bits per heavy atom. The summed E-state index contributed by atoms with van der Waals surface area (Å²) in [6.45, 7) is 7.82. The molecule has 1 N–H and O–H groups in total. The van der Waals surface area contributed by atoms with Crippen LogP contribution in [0.2, 0.25) is 0 Å². The second-order valence-electron chi connectivity index (χ2n) is 8.19. The smallest absolute Gasteiger partial charge is 0.417 e. The van der Waals surface area contributed by atoms with Crippen LogP contribution in [0.5, 0.6) is 5.75 Å². The van der Waals surface area contributed by atoms with Crippen molar-refractivity contribution in [1.82, 2.24) is 0 Å². The number of ether oxygens (including phenoxy) is 1. The molecule has 2 aromatic carbocycles. The Labute approximate surface area is 199 Å². The Hall–Kier alpha value is -3.07. The van der Waals surface area contributed by atoms with Gasteiger partial charge in [0.15, 0.2) is 5.60 Å². The molecule has 0 saturated heterocycles. The highest BCUT2D eigenvalue weighted by molar-refractivity contribution is 5.80. The van der Waals surface area contributed by atoms with Crippen LogP contribution in [0.1, 0.15) is 36.0 Å². The van der Waals surface area contributed by atoms with Gasteiger partial charge in [-0.05, 0) is 52.8 Å². The van der Waals surface area contributed by atoms with E-state index >= 15 is 0 Å². The van der Waals surface area contributed by atoms with E-state index < -0.39 is 48.1 Å². The van der Waals surface area contributed by atoms with Gasteiger partial charge in [-0.25, -0.2) is 4.39 Å². The van der Waals surface area contributed by atoms with Crippen molar-refractivity contribution in [3.8, 4) is 5.75 Å². The fraction of sp³-hybridized carbons (Fsp3) is 0.308. The third kappa shape index (κ3) is 6.75. The van der Waals surface area contributed by atoms with Crippen LogP contribution >= 0.6 is 0 Å². The minimum absolute atomic E-state index is 0.0332. The lowest BCUT2D eigenvalue weighted by molar-refractivity contribution is -0.263. The van der Waals surface area contributed by atoms with Gasteiger partial charge in [-0.2, -0.15) is 26.3 Å². The van der Waals surface area contributed by atoms with E-state index in [-0.39, 0.29) is 28.0 Å². The van der Waals surface area contributed by atoms with Gasteiger partial charge in [-0.15, -0.1) is 0 Å². The van der Waals surface area contributed by atoms with Crippen LogP contribution < -0.4 is 4.74 Å². The Morgan fingerprint density at radius 3 is 2.29 bits per heavy atom. The van der Waals surface area contributed by atoms with Crippen molar-refractivity contribution in [1.29, 1.82) is 0 Å². The minimum atomic E-state index is -5.09. The van der Waals surface area contributed by atoms with Gasteiger partial charge in [0.2, 0.25) is 0 Å². The van der Waals surface area contributed by atoms with E-state index in [9.17, 15) is 35.8 Å². The Morgan fingerprint density at radius 1 is 1.09 bits per heavy atom. The molecule has 0 heterocycles. The molecule has 0 aliphatic carbocycles. The summed E-state index contributed by atoms with van der Waals surface area (Å²) in [7, 11) is 1.29. The molecule has 190 valence electrons. The van der Waals surface area contributed by atoms with E-state index in [4.69, 9.17) is 4.74 Å². The zero-order valence-electron chi connectivity index (χ0n) is 19.1. The van der Waals surface area contributed by atoms with Gasteiger partial charge < -0.3 is 9.84 Å². The molecular formula is C26H25F7O2. The summed E-state index contributed by atoms with van der Waals surface area (Å²) in [5, 5.41) is 10.7. The highest BCUT2D eigenvalue weighted by Gasteiger charge is 2.54. The first-order valence-corrected chi connectivity index (χ1v) is 10.4. The number of halogens is 7. The van der Waals surface area contributed by atoms with Crippen molar-refractivity contribution in [3.05, 3.63) is 95.9 Å². The number of hydrogen-bond acceptors (Lipinski definition) is 2. The third-order valence-corrected chi connectivity index (χ3v) is 5.58.